The summed E-state index contributed by atoms with van der Waals surface area (Å²) in [7, 11) is 0. The van der Waals surface area contributed by atoms with E-state index in [9.17, 15) is 9.90 Å². The second-order valence-electron chi connectivity index (χ2n) is 6.05. The van der Waals surface area contributed by atoms with E-state index in [2.05, 4.69) is 5.32 Å². The van der Waals surface area contributed by atoms with E-state index in [0.717, 1.165) is 16.8 Å². The number of anilines is 1. The molecule has 0 amide bonds. The molecule has 5 heteroatoms. The van der Waals surface area contributed by atoms with Gasteiger partial charge >= 0.3 is 5.97 Å². The number of benzene rings is 2. The van der Waals surface area contributed by atoms with Crippen molar-refractivity contribution in [2.75, 3.05) is 4.90 Å². The molecule has 4 nitrogen and oxygen atoms in total. The van der Waals surface area contributed by atoms with Crippen molar-refractivity contribution in [1.29, 1.82) is 0 Å². The van der Waals surface area contributed by atoms with Crippen LogP contribution >= 0.6 is 12.2 Å². The second-order valence-corrected chi connectivity index (χ2v) is 6.44. The molecule has 1 aliphatic rings. The highest BCUT2D eigenvalue weighted by Gasteiger charge is 2.35. The lowest BCUT2D eigenvalue weighted by Gasteiger charge is -2.39. The average molecular weight is 340 g/mol. The Hall–Kier alpha value is -2.40. The zero-order valence-electron chi connectivity index (χ0n) is 13.5. The quantitative estimate of drug-likeness (QED) is 0.837. The third-order valence-electron chi connectivity index (χ3n) is 4.39. The van der Waals surface area contributed by atoms with Crippen LogP contribution in [-0.2, 0) is 11.3 Å². The number of carbonyl (C=O) groups is 1. The first-order chi connectivity index (χ1) is 11.6. The lowest BCUT2D eigenvalue weighted by molar-refractivity contribution is -0.139. The Labute approximate surface area is 147 Å². The fourth-order valence-electron chi connectivity index (χ4n) is 3.21. The van der Waals surface area contributed by atoms with Gasteiger partial charge in [0.05, 0.1) is 5.92 Å². The normalized spacial score (nSPS) is 19.5. The zero-order valence-corrected chi connectivity index (χ0v) is 14.3. The molecule has 1 aliphatic heterocycles. The van der Waals surface area contributed by atoms with Gasteiger partial charge in [-0.2, -0.15) is 0 Å². The summed E-state index contributed by atoms with van der Waals surface area (Å²) in [6, 6.07) is 17.7. The lowest BCUT2D eigenvalue weighted by atomic mass is 9.86. The minimum atomic E-state index is -0.780. The Balaban J connectivity index is 1.82. The average Bonchev–Trinajstić information content (AvgIpc) is 2.59. The summed E-state index contributed by atoms with van der Waals surface area (Å²) in [5, 5.41) is 13.4. The number of hydrogen-bond donors (Lipinski definition) is 2. The van der Waals surface area contributed by atoms with E-state index in [1.165, 1.54) is 0 Å². The van der Waals surface area contributed by atoms with Gasteiger partial charge in [0.25, 0.3) is 0 Å². The summed E-state index contributed by atoms with van der Waals surface area (Å²) < 4.78 is 0. The minimum absolute atomic E-state index is 0.0248. The van der Waals surface area contributed by atoms with Crippen molar-refractivity contribution >= 4 is 29.0 Å². The van der Waals surface area contributed by atoms with Gasteiger partial charge in [0, 0.05) is 18.3 Å². The number of hydrogen-bond acceptors (Lipinski definition) is 2. The van der Waals surface area contributed by atoms with E-state index in [-0.39, 0.29) is 6.04 Å². The molecule has 0 fully saturated rings. The monoisotopic (exact) mass is 340 g/mol. The molecule has 0 saturated heterocycles. The molecular formula is C19H20N2O2S. The van der Waals surface area contributed by atoms with Crippen LogP contribution in [0, 0.1) is 0 Å². The van der Waals surface area contributed by atoms with Crippen molar-refractivity contribution in [2.45, 2.75) is 31.8 Å². The van der Waals surface area contributed by atoms with Crippen molar-refractivity contribution in [2.24, 2.45) is 0 Å². The first-order valence-corrected chi connectivity index (χ1v) is 8.41. The lowest BCUT2D eigenvalue weighted by Crippen LogP contribution is -2.48. The largest absolute Gasteiger partial charge is 0.481 e. The number of nitrogens with one attached hydrogen (secondary N) is 1. The zero-order chi connectivity index (χ0) is 17.1. The number of rotatable bonds is 3. The molecule has 2 atom stereocenters. The third kappa shape index (κ3) is 3.26. The van der Waals surface area contributed by atoms with E-state index >= 15 is 0 Å². The van der Waals surface area contributed by atoms with Crippen molar-refractivity contribution in [3.8, 4) is 0 Å². The maximum absolute atomic E-state index is 11.6. The standard InChI is InChI=1S/C19H20N2O2S/c1-13-11-16(18(22)23)15-9-5-6-10-17(15)21(13)19(24)20-12-14-7-3-2-4-8-14/h2-10,13,16H,11-12H2,1H3,(H,20,24)(H,22,23). The Morgan fingerprint density at radius 2 is 1.88 bits per heavy atom. The van der Waals surface area contributed by atoms with Gasteiger partial charge in [-0.15, -0.1) is 0 Å². The maximum atomic E-state index is 11.6. The van der Waals surface area contributed by atoms with Gasteiger partial charge in [0.2, 0.25) is 0 Å². The first-order valence-electron chi connectivity index (χ1n) is 8.00. The van der Waals surface area contributed by atoms with Crippen LogP contribution in [0.25, 0.3) is 0 Å². The number of aliphatic carboxylic acids is 1. The van der Waals surface area contributed by atoms with E-state index in [1.807, 2.05) is 66.4 Å². The van der Waals surface area contributed by atoms with E-state index in [4.69, 9.17) is 12.2 Å². The van der Waals surface area contributed by atoms with Crippen LogP contribution in [0.4, 0.5) is 5.69 Å². The summed E-state index contributed by atoms with van der Waals surface area (Å²) in [5.74, 6) is -1.26. The smallest absolute Gasteiger partial charge is 0.311 e. The summed E-state index contributed by atoms with van der Waals surface area (Å²) in [5.41, 5.74) is 2.86. The maximum Gasteiger partial charge on any atom is 0.311 e. The minimum Gasteiger partial charge on any atom is -0.481 e. The van der Waals surface area contributed by atoms with Crippen molar-refractivity contribution in [3.63, 3.8) is 0 Å². The van der Waals surface area contributed by atoms with Crippen LogP contribution in [-0.4, -0.2) is 22.2 Å². The SMILES string of the molecule is CC1CC(C(=O)O)c2ccccc2N1C(=S)NCc1ccccc1. The number of para-hydroxylation sites is 1. The van der Waals surface area contributed by atoms with Gasteiger partial charge in [-0.1, -0.05) is 48.5 Å². The Bertz CT molecular complexity index is 748. The molecule has 2 unspecified atom stereocenters. The third-order valence-corrected chi connectivity index (χ3v) is 4.73. The summed E-state index contributed by atoms with van der Waals surface area (Å²) in [6.07, 6.45) is 0.541. The molecular weight excluding hydrogens is 320 g/mol. The van der Waals surface area contributed by atoms with Crippen LogP contribution in [0.2, 0.25) is 0 Å². The molecule has 0 saturated carbocycles. The van der Waals surface area contributed by atoms with Gasteiger partial charge in [-0.05, 0) is 42.8 Å². The Kier molecular flexibility index (Phi) is 4.81. The highest BCUT2D eigenvalue weighted by Crippen LogP contribution is 2.38. The molecule has 1 heterocycles. The molecule has 0 radical (unpaired) electrons. The molecule has 124 valence electrons. The van der Waals surface area contributed by atoms with Crippen molar-refractivity contribution in [1.82, 2.24) is 5.32 Å². The van der Waals surface area contributed by atoms with Gasteiger partial charge in [0.15, 0.2) is 5.11 Å². The number of carboxylic acid groups (broad SMARTS) is 1. The molecule has 0 spiro atoms. The predicted octanol–water partition coefficient (Wildman–Crippen LogP) is 3.53. The molecule has 0 bridgehead atoms. The molecule has 2 aromatic rings. The van der Waals surface area contributed by atoms with Crippen LogP contribution in [0.1, 0.15) is 30.4 Å². The number of nitrogens with zero attached hydrogens (tertiary/aromatic N) is 1. The Morgan fingerprint density at radius 1 is 1.21 bits per heavy atom. The summed E-state index contributed by atoms with van der Waals surface area (Å²) >= 11 is 5.60. The number of fused-ring (bicyclic) bond motifs is 1. The van der Waals surface area contributed by atoms with E-state index in [0.29, 0.717) is 18.1 Å². The van der Waals surface area contributed by atoms with Crippen LogP contribution < -0.4 is 10.2 Å². The van der Waals surface area contributed by atoms with Crippen molar-refractivity contribution < 1.29 is 9.90 Å². The van der Waals surface area contributed by atoms with Gasteiger partial charge < -0.3 is 15.3 Å². The van der Waals surface area contributed by atoms with Crippen LogP contribution in [0.15, 0.2) is 54.6 Å². The molecule has 2 N–H and O–H groups in total. The highest BCUT2D eigenvalue weighted by atomic mass is 32.1. The molecule has 0 aliphatic carbocycles. The topological polar surface area (TPSA) is 52.6 Å². The van der Waals surface area contributed by atoms with E-state index < -0.39 is 11.9 Å². The molecule has 2 aromatic carbocycles. The van der Waals surface area contributed by atoms with Crippen molar-refractivity contribution in [3.05, 3.63) is 65.7 Å². The van der Waals surface area contributed by atoms with Gasteiger partial charge in [-0.25, -0.2) is 0 Å². The predicted molar refractivity (Wildman–Crippen MR) is 99.3 cm³/mol. The second kappa shape index (κ2) is 7.01. The molecule has 3 rings (SSSR count). The Morgan fingerprint density at radius 3 is 2.58 bits per heavy atom. The summed E-state index contributed by atoms with van der Waals surface area (Å²) in [4.78, 5) is 13.6. The fraction of sp³-hybridized carbons (Fsp3) is 0.263. The van der Waals surface area contributed by atoms with Gasteiger partial charge in [0.1, 0.15) is 0 Å². The first kappa shape index (κ1) is 16.5. The number of carboxylic acids is 1. The number of thiocarbonyl (C=S) groups is 1. The van der Waals surface area contributed by atoms with Crippen LogP contribution in [0.5, 0.6) is 0 Å². The highest BCUT2D eigenvalue weighted by molar-refractivity contribution is 7.80. The van der Waals surface area contributed by atoms with E-state index in [1.54, 1.807) is 0 Å². The molecule has 0 aromatic heterocycles. The van der Waals surface area contributed by atoms with Crippen LogP contribution in [0.3, 0.4) is 0 Å². The van der Waals surface area contributed by atoms with Gasteiger partial charge in [-0.3, -0.25) is 4.79 Å². The summed E-state index contributed by atoms with van der Waals surface area (Å²) in [6.45, 7) is 2.66. The molecule has 24 heavy (non-hydrogen) atoms. The fourth-order valence-corrected chi connectivity index (χ4v) is 3.57.